The summed E-state index contributed by atoms with van der Waals surface area (Å²) < 4.78 is 0. The van der Waals surface area contributed by atoms with Crippen molar-refractivity contribution in [2.45, 2.75) is 13.0 Å². The number of nitrogens with two attached hydrogens (primary N) is 1. The summed E-state index contributed by atoms with van der Waals surface area (Å²) in [6, 6.07) is 0.0579. The maximum atomic E-state index is 10.9. The average Bonchev–Trinajstić information content (AvgIpc) is 2.10. The van der Waals surface area contributed by atoms with Crippen molar-refractivity contribution in [3.05, 3.63) is 0 Å². The Labute approximate surface area is 61.2 Å². The summed E-state index contributed by atoms with van der Waals surface area (Å²) in [7, 11) is 1.99. The van der Waals surface area contributed by atoms with E-state index in [0.717, 1.165) is 13.1 Å². The van der Waals surface area contributed by atoms with E-state index >= 15 is 0 Å². The van der Waals surface area contributed by atoms with Crippen LogP contribution >= 0.6 is 0 Å². The molecule has 1 saturated heterocycles. The molecule has 0 aromatic carbocycles. The molecule has 58 valence electrons. The summed E-state index contributed by atoms with van der Waals surface area (Å²) in [4.78, 5) is 13.0. The quantitative estimate of drug-likeness (QED) is 0.535. The van der Waals surface area contributed by atoms with Gasteiger partial charge in [0.25, 0.3) is 0 Å². The van der Waals surface area contributed by atoms with Crippen LogP contribution in [0.15, 0.2) is 0 Å². The normalized spacial score (nSPS) is 34.7. The Morgan fingerprint density at radius 2 is 2.20 bits per heavy atom. The molecule has 0 amide bonds. The zero-order valence-electron chi connectivity index (χ0n) is 6.50. The fourth-order valence-corrected chi connectivity index (χ4v) is 1.46. The molecular formula is C7H14N2O. The number of carbonyl (C=O) groups is 1. The van der Waals surface area contributed by atoms with E-state index in [4.69, 9.17) is 5.73 Å². The third-order valence-corrected chi connectivity index (χ3v) is 2.07. The van der Waals surface area contributed by atoms with Crippen LogP contribution in [0.4, 0.5) is 0 Å². The molecule has 2 atom stereocenters. The van der Waals surface area contributed by atoms with Crippen LogP contribution in [0, 0.1) is 5.92 Å². The van der Waals surface area contributed by atoms with Crippen molar-refractivity contribution in [1.29, 1.82) is 0 Å². The van der Waals surface area contributed by atoms with E-state index in [1.807, 2.05) is 7.05 Å². The number of nitrogens with zero attached hydrogens (tertiary/aromatic N) is 1. The number of rotatable bonds is 1. The first-order valence-corrected chi connectivity index (χ1v) is 3.56. The molecule has 0 aliphatic carbocycles. The van der Waals surface area contributed by atoms with Crippen molar-refractivity contribution >= 4 is 5.78 Å². The highest BCUT2D eigenvalue weighted by molar-refractivity contribution is 5.79. The predicted molar refractivity (Wildman–Crippen MR) is 39.6 cm³/mol. The van der Waals surface area contributed by atoms with Gasteiger partial charge in [0.15, 0.2) is 0 Å². The van der Waals surface area contributed by atoms with Gasteiger partial charge in [-0.2, -0.15) is 0 Å². The second-order valence-corrected chi connectivity index (χ2v) is 3.10. The first-order valence-electron chi connectivity index (χ1n) is 3.56. The van der Waals surface area contributed by atoms with Gasteiger partial charge >= 0.3 is 0 Å². The number of hydrogen-bond donors (Lipinski definition) is 1. The lowest BCUT2D eigenvalue weighted by Crippen LogP contribution is -2.32. The molecule has 1 heterocycles. The van der Waals surface area contributed by atoms with Gasteiger partial charge in [0, 0.05) is 25.0 Å². The van der Waals surface area contributed by atoms with Gasteiger partial charge in [-0.25, -0.2) is 0 Å². The lowest BCUT2D eigenvalue weighted by atomic mass is 10.0. The topological polar surface area (TPSA) is 46.3 Å². The van der Waals surface area contributed by atoms with Gasteiger partial charge < -0.3 is 10.6 Å². The van der Waals surface area contributed by atoms with Crippen LogP contribution in [0.5, 0.6) is 0 Å². The third kappa shape index (κ3) is 1.36. The number of Topliss-reactive ketones (excluding diaryl/α,β-unsaturated/α-hetero) is 1. The molecule has 0 saturated carbocycles. The molecule has 0 aromatic heterocycles. The van der Waals surface area contributed by atoms with Crippen LogP contribution in [-0.4, -0.2) is 36.9 Å². The average molecular weight is 142 g/mol. The number of likely N-dealkylation sites (N-methyl/N-ethyl adjacent to an activating group) is 1. The summed E-state index contributed by atoms with van der Waals surface area (Å²) in [6.07, 6.45) is 0. The molecule has 0 spiro atoms. The van der Waals surface area contributed by atoms with Crippen molar-refractivity contribution in [3.63, 3.8) is 0 Å². The molecule has 3 nitrogen and oxygen atoms in total. The Hall–Kier alpha value is -0.410. The third-order valence-electron chi connectivity index (χ3n) is 2.07. The molecule has 1 rings (SSSR count). The standard InChI is InChI=1S/C7H14N2O/c1-5(10)6-3-9(2)4-7(6)8/h6-7H,3-4,8H2,1-2H3. The zero-order valence-corrected chi connectivity index (χ0v) is 6.50. The van der Waals surface area contributed by atoms with Crippen LogP contribution in [0.3, 0.4) is 0 Å². The summed E-state index contributed by atoms with van der Waals surface area (Å²) in [5.74, 6) is 0.293. The Bertz CT molecular complexity index is 147. The second-order valence-electron chi connectivity index (χ2n) is 3.10. The van der Waals surface area contributed by atoms with Crippen molar-refractivity contribution in [2.75, 3.05) is 20.1 Å². The molecule has 3 heteroatoms. The Kier molecular flexibility index (Phi) is 2.06. The monoisotopic (exact) mass is 142 g/mol. The molecular weight excluding hydrogens is 128 g/mol. The zero-order chi connectivity index (χ0) is 7.72. The van der Waals surface area contributed by atoms with Crippen molar-refractivity contribution < 1.29 is 4.79 Å². The van der Waals surface area contributed by atoms with E-state index in [-0.39, 0.29) is 17.7 Å². The molecule has 0 bridgehead atoms. The van der Waals surface area contributed by atoms with Gasteiger partial charge in [-0.3, -0.25) is 4.79 Å². The maximum absolute atomic E-state index is 10.9. The van der Waals surface area contributed by atoms with Crippen LogP contribution in [0.1, 0.15) is 6.92 Å². The van der Waals surface area contributed by atoms with E-state index in [0.29, 0.717) is 0 Å². The number of hydrogen-bond acceptors (Lipinski definition) is 3. The van der Waals surface area contributed by atoms with Gasteiger partial charge in [-0.15, -0.1) is 0 Å². The van der Waals surface area contributed by atoms with Gasteiger partial charge in [0.1, 0.15) is 5.78 Å². The van der Waals surface area contributed by atoms with E-state index in [1.54, 1.807) is 6.92 Å². The predicted octanol–water partition coefficient (Wildman–Crippen LogP) is -0.536. The van der Waals surface area contributed by atoms with Crippen LogP contribution < -0.4 is 5.73 Å². The molecule has 1 aliphatic heterocycles. The highest BCUT2D eigenvalue weighted by Gasteiger charge is 2.30. The first-order chi connectivity index (χ1) is 4.61. The fourth-order valence-electron chi connectivity index (χ4n) is 1.46. The number of ketones is 1. The minimum Gasteiger partial charge on any atom is -0.326 e. The van der Waals surface area contributed by atoms with Crippen LogP contribution in [-0.2, 0) is 4.79 Å². The minimum atomic E-state index is 0.0579. The number of likely N-dealkylation sites (tertiary alicyclic amines) is 1. The van der Waals surface area contributed by atoms with Crippen molar-refractivity contribution in [2.24, 2.45) is 11.7 Å². The second kappa shape index (κ2) is 2.68. The number of carbonyl (C=O) groups excluding carboxylic acids is 1. The summed E-state index contributed by atoms with van der Waals surface area (Å²) in [5, 5.41) is 0. The van der Waals surface area contributed by atoms with Crippen LogP contribution in [0.2, 0.25) is 0 Å². The maximum Gasteiger partial charge on any atom is 0.135 e. The van der Waals surface area contributed by atoms with E-state index in [2.05, 4.69) is 4.90 Å². The minimum absolute atomic E-state index is 0.0579. The molecule has 0 aromatic rings. The van der Waals surface area contributed by atoms with Crippen molar-refractivity contribution in [1.82, 2.24) is 4.90 Å². The van der Waals surface area contributed by atoms with Gasteiger partial charge in [-0.05, 0) is 14.0 Å². The van der Waals surface area contributed by atoms with Gasteiger partial charge in [0.05, 0.1) is 0 Å². The highest BCUT2D eigenvalue weighted by Crippen LogP contribution is 2.13. The highest BCUT2D eigenvalue weighted by atomic mass is 16.1. The van der Waals surface area contributed by atoms with Gasteiger partial charge in [0.2, 0.25) is 0 Å². The molecule has 0 radical (unpaired) electrons. The lowest BCUT2D eigenvalue weighted by Gasteiger charge is -2.08. The summed E-state index contributed by atoms with van der Waals surface area (Å²) in [5.41, 5.74) is 5.71. The van der Waals surface area contributed by atoms with Gasteiger partial charge in [-0.1, -0.05) is 0 Å². The smallest absolute Gasteiger partial charge is 0.135 e. The first kappa shape index (κ1) is 7.69. The Balaban J connectivity index is 2.54. The van der Waals surface area contributed by atoms with Crippen LogP contribution in [0.25, 0.3) is 0 Å². The largest absolute Gasteiger partial charge is 0.326 e. The van der Waals surface area contributed by atoms with E-state index in [1.165, 1.54) is 0 Å². The molecule has 1 fully saturated rings. The summed E-state index contributed by atoms with van der Waals surface area (Å²) >= 11 is 0. The van der Waals surface area contributed by atoms with Crippen molar-refractivity contribution in [3.8, 4) is 0 Å². The molecule has 10 heavy (non-hydrogen) atoms. The Morgan fingerprint density at radius 3 is 2.40 bits per heavy atom. The lowest BCUT2D eigenvalue weighted by molar-refractivity contribution is -0.120. The van der Waals surface area contributed by atoms with E-state index in [9.17, 15) is 4.79 Å². The molecule has 1 aliphatic rings. The fraction of sp³-hybridized carbons (Fsp3) is 0.857. The van der Waals surface area contributed by atoms with E-state index < -0.39 is 0 Å². The summed E-state index contributed by atoms with van der Waals surface area (Å²) in [6.45, 7) is 3.30. The molecule has 2 N–H and O–H groups in total. The Morgan fingerprint density at radius 1 is 1.60 bits per heavy atom. The molecule has 2 unspecified atom stereocenters. The SMILES string of the molecule is CC(=O)C1CN(C)CC1N.